The molecule has 3 aromatic carbocycles. The number of hydrogen-bond donors (Lipinski definition) is 1. The van der Waals surface area contributed by atoms with Crippen LogP contribution in [0.5, 0.6) is 11.5 Å². The van der Waals surface area contributed by atoms with Gasteiger partial charge in [-0.25, -0.2) is 4.90 Å². The number of carbonyl (C=O) groups excluding carboxylic acids is 2. The standard InChI is InChI=1S/C26H25N3O4/c1-28(2)19-12-10-18(11-13-19)27-24-23(17-8-6-5-7-9-17)25(30)29(26(24)31)20-14-15-21(32-3)22(16-20)33-4/h5-16,27H,1-4H3. The summed E-state index contributed by atoms with van der Waals surface area (Å²) in [5.74, 6) is 0.0852. The summed E-state index contributed by atoms with van der Waals surface area (Å²) in [6.45, 7) is 0. The molecule has 1 aliphatic rings. The van der Waals surface area contributed by atoms with Gasteiger partial charge in [0.2, 0.25) is 0 Å². The highest BCUT2D eigenvalue weighted by Crippen LogP contribution is 2.37. The van der Waals surface area contributed by atoms with Gasteiger partial charge in [0.1, 0.15) is 5.70 Å². The molecule has 0 saturated carbocycles. The maximum absolute atomic E-state index is 13.5. The van der Waals surface area contributed by atoms with Crippen LogP contribution in [0.1, 0.15) is 5.56 Å². The van der Waals surface area contributed by atoms with Crippen molar-refractivity contribution in [2.45, 2.75) is 0 Å². The van der Waals surface area contributed by atoms with E-state index < -0.39 is 11.8 Å². The van der Waals surface area contributed by atoms with Crippen molar-refractivity contribution in [3.63, 3.8) is 0 Å². The van der Waals surface area contributed by atoms with Gasteiger partial charge in [0, 0.05) is 31.5 Å². The monoisotopic (exact) mass is 443 g/mol. The van der Waals surface area contributed by atoms with E-state index in [4.69, 9.17) is 9.47 Å². The number of benzene rings is 3. The molecule has 7 nitrogen and oxygen atoms in total. The topological polar surface area (TPSA) is 71.1 Å². The van der Waals surface area contributed by atoms with Crippen molar-refractivity contribution in [1.82, 2.24) is 0 Å². The Bertz CT molecular complexity index is 1220. The van der Waals surface area contributed by atoms with E-state index in [0.717, 1.165) is 10.6 Å². The van der Waals surface area contributed by atoms with Crippen molar-refractivity contribution < 1.29 is 19.1 Å². The van der Waals surface area contributed by atoms with Crippen molar-refractivity contribution in [3.05, 3.63) is 84.1 Å². The van der Waals surface area contributed by atoms with Crippen molar-refractivity contribution in [3.8, 4) is 11.5 Å². The Hall–Kier alpha value is -4.26. The van der Waals surface area contributed by atoms with Crippen molar-refractivity contribution in [2.75, 3.05) is 43.4 Å². The minimum atomic E-state index is -0.442. The van der Waals surface area contributed by atoms with Crippen LogP contribution in [0.4, 0.5) is 17.1 Å². The molecule has 0 unspecified atom stereocenters. The van der Waals surface area contributed by atoms with Crippen molar-refractivity contribution in [2.24, 2.45) is 0 Å². The summed E-state index contributed by atoms with van der Waals surface area (Å²) in [6, 6.07) is 21.8. The van der Waals surface area contributed by atoms with Crippen LogP contribution in [0.2, 0.25) is 0 Å². The molecule has 1 N–H and O–H groups in total. The Kier molecular flexibility index (Phi) is 6.04. The number of nitrogens with one attached hydrogen (secondary N) is 1. The third-order valence-corrected chi connectivity index (χ3v) is 5.42. The zero-order valence-corrected chi connectivity index (χ0v) is 19.0. The Morgan fingerprint density at radius 3 is 2.06 bits per heavy atom. The molecule has 0 bridgehead atoms. The van der Waals surface area contributed by atoms with Crippen LogP contribution in [0.15, 0.2) is 78.5 Å². The number of anilines is 3. The lowest BCUT2D eigenvalue weighted by Gasteiger charge is -2.17. The highest BCUT2D eigenvalue weighted by atomic mass is 16.5. The molecule has 0 aliphatic carbocycles. The molecule has 168 valence electrons. The fourth-order valence-electron chi connectivity index (χ4n) is 3.70. The van der Waals surface area contributed by atoms with E-state index in [2.05, 4.69) is 5.32 Å². The molecule has 0 aromatic heterocycles. The van der Waals surface area contributed by atoms with E-state index in [9.17, 15) is 9.59 Å². The van der Waals surface area contributed by atoms with Crippen molar-refractivity contribution >= 4 is 34.4 Å². The Morgan fingerprint density at radius 1 is 0.788 bits per heavy atom. The van der Waals surface area contributed by atoms with E-state index in [1.807, 2.05) is 73.6 Å². The number of imide groups is 1. The summed E-state index contributed by atoms with van der Waals surface area (Å²) in [4.78, 5) is 30.2. The lowest BCUT2D eigenvalue weighted by molar-refractivity contribution is -0.120. The highest BCUT2D eigenvalue weighted by Gasteiger charge is 2.40. The minimum absolute atomic E-state index is 0.221. The van der Waals surface area contributed by atoms with Gasteiger partial charge in [0.05, 0.1) is 25.5 Å². The van der Waals surface area contributed by atoms with Crippen LogP contribution < -0.4 is 24.6 Å². The molecular formula is C26H25N3O4. The highest BCUT2D eigenvalue weighted by molar-refractivity contribution is 6.46. The van der Waals surface area contributed by atoms with Gasteiger partial charge >= 0.3 is 0 Å². The second-order valence-corrected chi connectivity index (χ2v) is 7.67. The van der Waals surface area contributed by atoms with E-state index in [0.29, 0.717) is 34.0 Å². The third-order valence-electron chi connectivity index (χ3n) is 5.42. The second-order valence-electron chi connectivity index (χ2n) is 7.67. The number of methoxy groups -OCH3 is 2. The van der Waals surface area contributed by atoms with Crippen LogP contribution in [-0.4, -0.2) is 40.1 Å². The molecule has 1 heterocycles. The summed E-state index contributed by atoms with van der Waals surface area (Å²) < 4.78 is 10.6. The fourth-order valence-corrected chi connectivity index (χ4v) is 3.70. The minimum Gasteiger partial charge on any atom is -0.493 e. The van der Waals surface area contributed by atoms with E-state index in [1.54, 1.807) is 18.2 Å². The average molecular weight is 444 g/mol. The molecular weight excluding hydrogens is 418 g/mol. The quantitative estimate of drug-likeness (QED) is 0.553. The Labute approximate surface area is 192 Å². The molecule has 0 spiro atoms. The van der Waals surface area contributed by atoms with Gasteiger partial charge in [-0.15, -0.1) is 0 Å². The van der Waals surface area contributed by atoms with Crippen LogP contribution in [0.3, 0.4) is 0 Å². The first-order chi connectivity index (χ1) is 15.9. The molecule has 7 heteroatoms. The van der Waals surface area contributed by atoms with Gasteiger partial charge in [-0.2, -0.15) is 0 Å². The maximum Gasteiger partial charge on any atom is 0.282 e. The maximum atomic E-state index is 13.5. The summed E-state index contributed by atoms with van der Waals surface area (Å²) in [5.41, 5.74) is 3.32. The molecule has 33 heavy (non-hydrogen) atoms. The number of nitrogens with zero attached hydrogens (tertiary/aromatic N) is 2. The summed E-state index contributed by atoms with van der Waals surface area (Å²) >= 11 is 0. The lowest BCUT2D eigenvalue weighted by atomic mass is 10.0. The van der Waals surface area contributed by atoms with Gasteiger partial charge in [-0.1, -0.05) is 30.3 Å². The van der Waals surface area contributed by atoms with Crippen LogP contribution in [0, 0.1) is 0 Å². The predicted octanol–water partition coefficient (Wildman–Crippen LogP) is 4.17. The Balaban J connectivity index is 1.77. The summed E-state index contributed by atoms with van der Waals surface area (Å²) in [5, 5.41) is 3.18. The largest absolute Gasteiger partial charge is 0.493 e. The summed E-state index contributed by atoms with van der Waals surface area (Å²) in [7, 11) is 6.95. The molecule has 2 amide bonds. The first-order valence-corrected chi connectivity index (χ1v) is 10.4. The Morgan fingerprint density at radius 2 is 1.45 bits per heavy atom. The number of ether oxygens (including phenoxy) is 2. The van der Waals surface area contributed by atoms with E-state index in [1.165, 1.54) is 14.2 Å². The molecule has 3 aromatic rings. The van der Waals surface area contributed by atoms with Gasteiger partial charge < -0.3 is 19.7 Å². The smallest absolute Gasteiger partial charge is 0.282 e. The van der Waals surface area contributed by atoms with E-state index in [-0.39, 0.29) is 5.70 Å². The van der Waals surface area contributed by atoms with Gasteiger partial charge in [-0.3, -0.25) is 9.59 Å². The van der Waals surface area contributed by atoms with Crippen molar-refractivity contribution in [1.29, 1.82) is 0 Å². The number of amides is 2. The second kappa shape index (κ2) is 9.08. The van der Waals surface area contributed by atoms with Crippen LogP contribution in [-0.2, 0) is 9.59 Å². The molecule has 0 atom stereocenters. The zero-order valence-electron chi connectivity index (χ0n) is 19.0. The number of rotatable bonds is 7. The predicted molar refractivity (Wildman–Crippen MR) is 130 cm³/mol. The normalized spacial score (nSPS) is 13.4. The van der Waals surface area contributed by atoms with Gasteiger partial charge in [-0.05, 0) is 42.0 Å². The van der Waals surface area contributed by atoms with Gasteiger partial charge in [0.15, 0.2) is 11.5 Å². The van der Waals surface area contributed by atoms with E-state index >= 15 is 0 Å². The molecule has 4 rings (SSSR count). The van der Waals surface area contributed by atoms with Crippen LogP contribution in [0.25, 0.3) is 5.57 Å². The molecule has 1 aliphatic heterocycles. The first kappa shape index (κ1) is 22.0. The lowest BCUT2D eigenvalue weighted by Crippen LogP contribution is -2.32. The third kappa shape index (κ3) is 4.13. The first-order valence-electron chi connectivity index (χ1n) is 10.4. The molecule has 0 fully saturated rings. The fraction of sp³-hybridized carbons (Fsp3) is 0.154. The molecule has 0 saturated heterocycles. The summed E-state index contributed by atoms with van der Waals surface area (Å²) in [6.07, 6.45) is 0. The average Bonchev–Trinajstić information content (AvgIpc) is 3.08. The zero-order chi connectivity index (χ0) is 23.5. The molecule has 0 radical (unpaired) electrons. The van der Waals surface area contributed by atoms with Gasteiger partial charge in [0.25, 0.3) is 11.8 Å². The SMILES string of the molecule is COc1ccc(N2C(=O)C(Nc3ccc(N(C)C)cc3)=C(c3ccccc3)C2=O)cc1OC. The van der Waals surface area contributed by atoms with Crippen LogP contribution >= 0.6 is 0 Å². The number of hydrogen-bond acceptors (Lipinski definition) is 6. The number of carbonyl (C=O) groups is 2.